The molecule has 3 rings (SSSR count). The van der Waals surface area contributed by atoms with Crippen LogP contribution in [0.5, 0.6) is 0 Å². The Labute approximate surface area is 127 Å². The van der Waals surface area contributed by atoms with Crippen molar-refractivity contribution < 1.29 is 0 Å². The Morgan fingerprint density at radius 3 is 2.90 bits per heavy atom. The highest BCUT2D eigenvalue weighted by Gasteiger charge is 2.30. The molecule has 1 aromatic carbocycles. The number of nitrogens with one attached hydrogen (secondary N) is 1. The number of anilines is 1. The first-order valence-electron chi connectivity index (χ1n) is 8.04. The minimum atomic E-state index is 0.540. The summed E-state index contributed by atoms with van der Waals surface area (Å²) in [5.74, 6) is 0.627. The zero-order valence-electron chi connectivity index (χ0n) is 13.2. The van der Waals surface area contributed by atoms with Crippen molar-refractivity contribution in [3.8, 4) is 0 Å². The normalized spacial score (nSPS) is 23.0. The summed E-state index contributed by atoms with van der Waals surface area (Å²) >= 11 is 0. The van der Waals surface area contributed by atoms with E-state index in [1.54, 1.807) is 0 Å². The summed E-state index contributed by atoms with van der Waals surface area (Å²) in [5, 5.41) is 4.96. The SMILES string of the molecule is CCC1CN(c2cccc3ncccc23)C(C(C)C)CN1. The number of aromatic nitrogens is 1. The van der Waals surface area contributed by atoms with E-state index in [2.05, 4.69) is 60.2 Å². The molecule has 1 fully saturated rings. The largest absolute Gasteiger partial charge is 0.365 e. The Bertz CT molecular complexity index is 603. The van der Waals surface area contributed by atoms with Crippen LogP contribution in [-0.4, -0.2) is 30.2 Å². The fourth-order valence-electron chi connectivity index (χ4n) is 3.32. The fourth-order valence-corrected chi connectivity index (χ4v) is 3.32. The van der Waals surface area contributed by atoms with Crippen LogP contribution in [0, 0.1) is 5.92 Å². The lowest BCUT2D eigenvalue weighted by Crippen LogP contribution is -2.58. The van der Waals surface area contributed by atoms with E-state index >= 15 is 0 Å². The van der Waals surface area contributed by atoms with Crippen LogP contribution < -0.4 is 10.2 Å². The number of hydrogen-bond acceptors (Lipinski definition) is 3. The molecule has 1 N–H and O–H groups in total. The van der Waals surface area contributed by atoms with E-state index in [4.69, 9.17) is 0 Å². The molecule has 2 aromatic rings. The van der Waals surface area contributed by atoms with Gasteiger partial charge in [0.2, 0.25) is 0 Å². The second-order valence-electron chi connectivity index (χ2n) is 6.32. The molecule has 2 atom stereocenters. The first-order valence-corrected chi connectivity index (χ1v) is 8.04. The van der Waals surface area contributed by atoms with Gasteiger partial charge in [0.1, 0.15) is 0 Å². The van der Waals surface area contributed by atoms with Crippen LogP contribution in [0.1, 0.15) is 27.2 Å². The van der Waals surface area contributed by atoms with E-state index in [9.17, 15) is 0 Å². The molecule has 3 nitrogen and oxygen atoms in total. The molecule has 1 saturated heterocycles. The van der Waals surface area contributed by atoms with Gasteiger partial charge in [-0.2, -0.15) is 0 Å². The number of nitrogens with zero attached hydrogens (tertiary/aromatic N) is 2. The number of rotatable bonds is 3. The van der Waals surface area contributed by atoms with Crippen molar-refractivity contribution >= 4 is 16.6 Å². The first kappa shape index (κ1) is 14.3. The Morgan fingerprint density at radius 2 is 2.14 bits per heavy atom. The molecule has 0 saturated carbocycles. The molecule has 0 amide bonds. The van der Waals surface area contributed by atoms with E-state index in [1.807, 2.05) is 12.3 Å². The van der Waals surface area contributed by atoms with Gasteiger partial charge in [-0.05, 0) is 36.6 Å². The van der Waals surface area contributed by atoms with Crippen molar-refractivity contribution in [3.63, 3.8) is 0 Å². The van der Waals surface area contributed by atoms with Gasteiger partial charge in [-0.1, -0.05) is 26.8 Å². The molecule has 112 valence electrons. The van der Waals surface area contributed by atoms with Gasteiger partial charge in [0.05, 0.1) is 5.52 Å². The summed E-state index contributed by atoms with van der Waals surface area (Å²) in [6.07, 6.45) is 3.04. The van der Waals surface area contributed by atoms with Crippen LogP contribution in [0.4, 0.5) is 5.69 Å². The van der Waals surface area contributed by atoms with Crippen molar-refractivity contribution in [1.82, 2.24) is 10.3 Å². The van der Waals surface area contributed by atoms with E-state index in [0.29, 0.717) is 18.0 Å². The maximum Gasteiger partial charge on any atom is 0.0722 e. The molecule has 21 heavy (non-hydrogen) atoms. The molecule has 2 heterocycles. The van der Waals surface area contributed by atoms with Crippen LogP contribution in [-0.2, 0) is 0 Å². The summed E-state index contributed by atoms with van der Waals surface area (Å²) in [7, 11) is 0. The quantitative estimate of drug-likeness (QED) is 0.935. The molecule has 1 aliphatic heterocycles. The number of benzene rings is 1. The number of hydrogen-bond donors (Lipinski definition) is 1. The van der Waals surface area contributed by atoms with E-state index in [1.165, 1.54) is 17.5 Å². The lowest BCUT2D eigenvalue weighted by atomic mass is 9.96. The number of piperazine rings is 1. The molecule has 3 heteroatoms. The Hall–Kier alpha value is -1.61. The predicted octanol–water partition coefficient (Wildman–Crippen LogP) is 3.45. The molecular weight excluding hydrogens is 258 g/mol. The molecule has 0 spiro atoms. The van der Waals surface area contributed by atoms with Crippen molar-refractivity contribution in [1.29, 1.82) is 0 Å². The van der Waals surface area contributed by atoms with Crippen molar-refractivity contribution in [2.24, 2.45) is 5.92 Å². The van der Waals surface area contributed by atoms with E-state index in [-0.39, 0.29) is 0 Å². The lowest BCUT2D eigenvalue weighted by molar-refractivity contribution is 0.334. The molecule has 1 aliphatic rings. The maximum absolute atomic E-state index is 4.50. The Balaban J connectivity index is 2.04. The monoisotopic (exact) mass is 283 g/mol. The predicted molar refractivity (Wildman–Crippen MR) is 89.8 cm³/mol. The number of fused-ring (bicyclic) bond motifs is 1. The smallest absolute Gasteiger partial charge is 0.0722 e. The second-order valence-corrected chi connectivity index (χ2v) is 6.32. The highest BCUT2D eigenvalue weighted by molar-refractivity contribution is 5.91. The van der Waals surface area contributed by atoms with Gasteiger partial charge >= 0.3 is 0 Å². The highest BCUT2D eigenvalue weighted by Crippen LogP contribution is 2.30. The minimum Gasteiger partial charge on any atom is -0.365 e. The third kappa shape index (κ3) is 2.75. The van der Waals surface area contributed by atoms with Crippen LogP contribution in [0.25, 0.3) is 10.9 Å². The summed E-state index contributed by atoms with van der Waals surface area (Å²) in [6, 6.07) is 11.8. The zero-order chi connectivity index (χ0) is 14.8. The van der Waals surface area contributed by atoms with Gasteiger partial charge in [0, 0.05) is 42.4 Å². The van der Waals surface area contributed by atoms with Crippen LogP contribution in [0.15, 0.2) is 36.5 Å². The molecule has 0 bridgehead atoms. The Kier molecular flexibility index (Phi) is 4.11. The first-order chi connectivity index (χ1) is 10.2. The van der Waals surface area contributed by atoms with E-state index < -0.39 is 0 Å². The highest BCUT2D eigenvalue weighted by atomic mass is 15.2. The summed E-state index contributed by atoms with van der Waals surface area (Å²) in [4.78, 5) is 7.10. The molecule has 1 aromatic heterocycles. The van der Waals surface area contributed by atoms with Crippen molar-refractivity contribution in [2.75, 3.05) is 18.0 Å². The van der Waals surface area contributed by atoms with Crippen molar-refractivity contribution in [3.05, 3.63) is 36.5 Å². The zero-order valence-corrected chi connectivity index (χ0v) is 13.2. The third-order valence-electron chi connectivity index (χ3n) is 4.63. The molecule has 2 unspecified atom stereocenters. The summed E-state index contributed by atoms with van der Waals surface area (Å²) in [5.41, 5.74) is 2.42. The summed E-state index contributed by atoms with van der Waals surface area (Å²) < 4.78 is 0. The van der Waals surface area contributed by atoms with Gasteiger partial charge < -0.3 is 10.2 Å². The van der Waals surface area contributed by atoms with Gasteiger partial charge in [0.25, 0.3) is 0 Å². The molecule has 0 aliphatic carbocycles. The fraction of sp³-hybridized carbons (Fsp3) is 0.500. The average Bonchev–Trinajstić information content (AvgIpc) is 2.53. The van der Waals surface area contributed by atoms with Gasteiger partial charge in [-0.15, -0.1) is 0 Å². The Morgan fingerprint density at radius 1 is 1.29 bits per heavy atom. The molecule has 0 radical (unpaired) electrons. The standard InChI is InChI=1S/C18H25N3/c1-4-14-12-21(18(11-20-14)13(2)3)17-9-5-8-16-15(17)7-6-10-19-16/h5-10,13-14,18,20H,4,11-12H2,1-3H3. The van der Waals surface area contributed by atoms with Crippen molar-refractivity contribution in [2.45, 2.75) is 39.3 Å². The van der Waals surface area contributed by atoms with Crippen LogP contribution >= 0.6 is 0 Å². The van der Waals surface area contributed by atoms with Gasteiger partial charge in [-0.25, -0.2) is 0 Å². The van der Waals surface area contributed by atoms with Gasteiger partial charge in [0.15, 0.2) is 0 Å². The number of pyridine rings is 1. The maximum atomic E-state index is 4.50. The van der Waals surface area contributed by atoms with E-state index in [0.717, 1.165) is 18.6 Å². The lowest BCUT2D eigenvalue weighted by Gasteiger charge is -2.44. The second kappa shape index (κ2) is 6.02. The van der Waals surface area contributed by atoms with Gasteiger partial charge in [-0.3, -0.25) is 4.98 Å². The summed E-state index contributed by atoms with van der Waals surface area (Å²) in [6.45, 7) is 9.03. The van der Waals surface area contributed by atoms with Crippen LogP contribution in [0.3, 0.4) is 0 Å². The molecular formula is C18H25N3. The average molecular weight is 283 g/mol. The van der Waals surface area contributed by atoms with Crippen LogP contribution in [0.2, 0.25) is 0 Å². The topological polar surface area (TPSA) is 28.2 Å². The third-order valence-corrected chi connectivity index (χ3v) is 4.63. The minimum absolute atomic E-state index is 0.540.